The van der Waals surface area contributed by atoms with E-state index in [4.69, 9.17) is 4.74 Å². The maximum atomic E-state index is 12.4. The van der Waals surface area contributed by atoms with Crippen LogP contribution in [0.25, 0.3) is 17.1 Å². The van der Waals surface area contributed by atoms with Crippen molar-refractivity contribution in [1.29, 1.82) is 0 Å². The second-order valence-electron chi connectivity index (χ2n) is 7.36. The first-order valence-corrected chi connectivity index (χ1v) is 11.5. The zero-order valence-corrected chi connectivity index (χ0v) is 19.5. The van der Waals surface area contributed by atoms with Gasteiger partial charge in [0.2, 0.25) is 5.91 Å². The van der Waals surface area contributed by atoms with Gasteiger partial charge in [0.05, 0.1) is 12.9 Å². The van der Waals surface area contributed by atoms with Crippen molar-refractivity contribution < 1.29 is 14.3 Å². The lowest BCUT2D eigenvalue weighted by molar-refractivity contribution is -0.119. The highest BCUT2D eigenvalue weighted by molar-refractivity contribution is 7.99. The monoisotopic (exact) mass is 473 g/mol. The molecule has 0 bridgehead atoms. The summed E-state index contributed by atoms with van der Waals surface area (Å²) < 4.78 is 7.00. The van der Waals surface area contributed by atoms with Gasteiger partial charge in [-0.25, -0.2) is 0 Å². The molecule has 0 spiro atoms. The first-order valence-electron chi connectivity index (χ1n) is 10.5. The lowest BCUT2D eigenvalue weighted by Crippen LogP contribution is -2.42. The van der Waals surface area contributed by atoms with E-state index < -0.39 is 5.91 Å². The third kappa shape index (κ3) is 5.44. The van der Waals surface area contributed by atoms with Gasteiger partial charge in [0.15, 0.2) is 11.0 Å². The summed E-state index contributed by atoms with van der Waals surface area (Å²) in [4.78, 5) is 24.6. The standard InChI is InChI=1S/C25H23N5O3S/c1-17-8-10-18(11-9-17)23-27-29-25(30(23)20-6-4-3-5-7-20)34-16-22(31)26-28-24(32)19-12-14-21(33-2)15-13-19/h3-15H,16H2,1-2H3,(H,26,31)(H,28,32). The number of hydrogen-bond acceptors (Lipinski definition) is 6. The maximum Gasteiger partial charge on any atom is 0.269 e. The van der Waals surface area contributed by atoms with Gasteiger partial charge in [-0.2, -0.15) is 0 Å². The van der Waals surface area contributed by atoms with Gasteiger partial charge in [-0.15, -0.1) is 10.2 Å². The Morgan fingerprint density at radius 3 is 2.29 bits per heavy atom. The molecule has 3 aromatic carbocycles. The molecule has 8 nitrogen and oxygen atoms in total. The Bertz CT molecular complexity index is 1270. The quantitative estimate of drug-likeness (QED) is 0.313. The highest BCUT2D eigenvalue weighted by Gasteiger charge is 2.17. The van der Waals surface area contributed by atoms with Gasteiger partial charge in [0, 0.05) is 16.8 Å². The van der Waals surface area contributed by atoms with Gasteiger partial charge in [-0.3, -0.25) is 25.0 Å². The number of ether oxygens (including phenoxy) is 1. The molecule has 1 aromatic heterocycles. The molecule has 9 heteroatoms. The zero-order valence-electron chi connectivity index (χ0n) is 18.7. The van der Waals surface area contributed by atoms with Crippen molar-refractivity contribution >= 4 is 23.6 Å². The molecule has 2 amide bonds. The fourth-order valence-electron chi connectivity index (χ4n) is 3.17. The van der Waals surface area contributed by atoms with Crippen LogP contribution in [0.5, 0.6) is 5.75 Å². The van der Waals surface area contributed by atoms with Crippen molar-refractivity contribution in [2.24, 2.45) is 0 Å². The van der Waals surface area contributed by atoms with E-state index in [2.05, 4.69) is 21.0 Å². The average molecular weight is 474 g/mol. The molecule has 0 saturated carbocycles. The number of hydrogen-bond donors (Lipinski definition) is 2. The molecule has 4 rings (SSSR count). The molecule has 0 aliphatic heterocycles. The van der Waals surface area contributed by atoms with Crippen LogP contribution in [0.3, 0.4) is 0 Å². The normalized spacial score (nSPS) is 10.5. The van der Waals surface area contributed by atoms with Crippen LogP contribution in [0.2, 0.25) is 0 Å². The molecule has 1 heterocycles. The number of rotatable bonds is 7. The van der Waals surface area contributed by atoms with Crippen LogP contribution in [-0.4, -0.2) is 39.4 Å². The predicted molar refractivity (Wildman–Crippen MR) is 131 cm³/mol. The Morgan fingerprint density at radius 2 is 1.62 bits per heavy atom. The van der Waals surface area contributed by atoms with Crippen molar-refractivity contribution in [2.75, 3.05) is 12.9 Å². The molecule has 172 valence electrons. The Morgan fingerprint density at radius 1 is 0.912 bits per heavy atom. The van der Waals surface area contributed by atoms with Crippen LogP contribution in [0.15, 0.2) is 84.0 Å². The lowest BCUT2D eigenvalue weighted by Gasteiger charge is -2.11. The summed E-state index contributed by atoms with van der Waals surface area (Å²) in [6.07, 6.45) is 0. The van der Waals surface area contributed by atoms with E-state index in [0.717, 1.165) is 16.8 Å². The second-order valence-corrected chi connectivity index (χ2v) is 8.31. The summed E-state index contributed by atoms with van der Waals surface area (Å²) in [5.74, 6) is 0.579. The van der Waals surface area contributed by atoms with Crippen LogP contribution in [0.1, 0.15) is 15.9 Å². The smallest absolute Gasteiger partial charge is 0.269 e. The minimum absolute atomic E-state index is 0.0434. The van der Waals surface area contributed by atoms with Crippen molar-refractivity contribution in [3.8, 4) is 22.8 Å². The highest BCUT2D eigenvalue weighted by Crippen LogP contribution is 2.28. The molecule has 34 heavy (non-hydrogen) atoms. The van der Waals surface area contributed by atoms with E-state index in [1.165, 1.54) is 11.8 Å². The van der Waals surface area contributed by atoms with Gasteiger partial charge < -0.3 is 4.74 Å². The SMILES string of the molecule is COc1ccc(C(=O)NNC(=O)CSc2nnc(-c3ccc(C)cc3)n2-c2ccccc2)cc1. The number of carbonyl (C=O) groups is 2. The van der Waals surface area contributed by atoms with Crippen LogP contribution < -0.4 is 15.6 Å². The van der Waals surface area contributed by atoms with Crippen LogP contribution >= 0.6 is 11.8 Å². The predicted octanol–water partition coefficient (Wildman–Crippen LogP) is 3.80. The molecule has 0 aliphatic rings. The van der Waals surface area contributed by atoms with Gasteiger partial charge >= 0.3 is 0 Å². The highest BCUT2D eigenvalue weighted by atomic mass is 32.2. The first-order chi connectivity index (χ1) is 16.5. The van der Waals surface area contributed by atoms with E-state index >= 15 is 0 Å². The number of benzene rings is 3. The molecule has 0 atom stereocenters. The van der Waals surface area contributed by atoms with E-state index in [1.54, 1.807) is 31.4 Å². The summed E-state index contributed by atoms with van der Waals surface area (Å²) in [5.41, 5.74) is 8.22. The van der Waals surface area contributed by atoms with E-state index in [1.807, 2.05) is 66.1 Å². The lowest BCUT2D eigenvalue weighted by atomic mass is 10.1. The number of aryl methyl sites for hydroxylation is 1. The molecular weight excluding hydrogens is 450 g/mol. The third-order valence-electron chi connectivity index (χ3n) is 4.96. The van der Waals surface area contributed by atoms with Crippen LogP contribution in [0, 0.1) is 6.92 Å². The van der Waals surface area contributed by atoms with Gasteiger partial charge in [0.25, 0.3) is 5.91 Å². The number of nitrogens with one attached hydrogen (secondary N) is 2. The summed E-state index contributed by atoms with van der Waals surface area (Å²) in [6.45, 7) is 2.03. The Labute approximate surface area is 201 Å². The molecule has 0 saturated heterocycles. The zero-order chi connectivity index (χ0) is 23.9. The largest absolute Gasteiger partial charge is 0.497 e. The number of methoxy groups -OCH3 is 1. The Hall–Kier alpha value is -4.11. The second kappa shape index (κ2) is 10.7. The summed E-state index contributed by atoms with van der Waals surface area (Å²) in [5, 5.41) is 9.27. The molecule has 0 aliphatic carbocycles. The summed E-state index contributed by atoms with van der Waals surface area (Å²) in [7, 11) is 1.55. The minimum Gasteiger partial charge on any atom is -0.497 e. The van der Waals surface area contributed by atoms with Crippen molar-refractivity contribution in [1.82, 2.24) is 25.6 Å². The fourth-order valence-corrected chi connectivity index (χ4v) is 3.92. The van der Waals surface area contributed by atoms with E-state index in [-0.39, 0.29) is 11.7 Å². The summed E-state index contributed by atoms with van der Waals surface area (Å²) >= 11 is 1.23. The number of para-hydroxylation sites is 1. The van der Waals surface area contributed by atoms with Crippen LogP contribution in [-0.2, 0) is 4.79 Å². The van der Waals surface area contributed by atoms with Crippen molar-refractivity contribution in [2.45, 2.75) is 12.1 Å². The van der Waals surface area contributed by atoms with Gasteiger partial charge in [-0.1, -0.05) is 59.8 Å². The van der Waals surface area contributed by atoms with E-state index in [9.17, 15) is 9.59 Å². The molecular formula is C25H23N5O3S. The third-order valence-corrected chi connectivity index (χ3v) is 5.89. The topological polar surface area (TPSA) is 98.1 Å². The fraction of sp³-hybridized carbons (Fsp3) is 0.120. The van der Waals surface area contributed by atoms with Crippen molar-refractivity contribution in [3.05, 3.63) is 90.0 Å². The number of thioether (sulfide) groups is 1. The molecule has 0 radical (unpaired) electrons. The Kier molecular flexibility index (Phi) is 7.24. The molecule has 0 unspecified atom stereocenters. The van der Waals surface area contributed by atoms with Crippen molar-refractivity contribution in [3.63, 3.8) is 0 Å². The number of nitrogens with zero attached hydrogens (tertiary/aromatic N) is 3. The Balaban J connectivity index is 1.44. The summed E-state index contributed by atoms with van der Waals surface area (Å²) in [6, 6.07) is 24.3. The number of carbonyl (C=O) groups excluding carboxylic acids is 2. The number of aromatic nitrogens is 3. The molecule has 2 N–H and O–H groups in total. The molecule has 0 fully saturated rings. The van der Waals surface area contributed by atoms with Gasteiger partial charge in [0.1, 0.15) is 5.75 Å². The van der Waals surface area contributed by atoms with Gasteiger partial charge in [-0.05, 0) is 43.3 Å². The maximum absolute atomic E-state index is 12.4. The molecule has 4 aromatic rings. The van der Waals surface area contributed by atoms with E-state index in [0.29, 0.717) is 22.3 Å². The first kappa shape index (κ1) is 23.1. The number of hydrazine groups is 1. The van der Waals surface area contributed by atoms with Crippen LogP contribution in [0.4, 0.5) is 0 Å². The number of amides is 2. The minimum atomic E-state index is -0.421. The average Bonchev–Trinajstić information content (AvgIpc) is 3.31.